The number of likely N-dealkylation sites (tertiary alicyclic amines) is 1. The molecular formula is C20H18BrClF3NO2. The molecule has 0 amide bonds. The largest absolute Gasteiger partial charge is 0.481 e. The van der Waals surface area contributed by atoms with Crippen LogP contribution < -0.4 is 0 Å². The topological polar surface area (TPSA) is 40.5 Å². The number of rotatable bonds is 4. The van der Waals surface area contributed by atoms with E-state index in [0.29, 0.717) is 24.9 Å². The molecule has 1 heterocycles. The summed E-state index contributed by atoms with van der Waals surface area (Å²) < 4.78 is 40.7. The van der Waals surface area contributed by atoms with Gasteiger partial charge in [-0.15, -0.1) is 0 Å². The van der Waals surface area contributed by atoms with E-state index in [0.717, 1.165) is 22.2 Å². The van der Waals surface area contributed by atoms with Crippen molar-refractivity contribution in [2.45, 2.75) is 25.1 Å². The summed E-state index contributed by atoms with van der Waals surface area (Å²) in [5.74, 6) is -1.46. The second kappa shape index (κ2) is 8.43. The number of nitrogens with zero attached hydrogens (tertiary/aromatic N) is 1. The zero-order chi connectivity index (χ0) is 20.5. The lowest BCUT2D eigenvalue weighted by Crippen LogP contribution is -2.41. The lowest BCUT2D eigenvalue weighted by Gasteiger charge is -2.38. The van der Waals surface area contributed by atoms with Crippen LogP contribution in [-0.2, 0) is 11.0 Å². The van der Waals surface area contributed by atoms with Crippen LogP contribution in [0.2, 0.25) is 5.02 Å². The van der Waals surface area contributed by atoms with Gasteiger partial charge in [-0.1, -0.05) is 39.7 Å². The van der Waals surface area contributed by atoms with Gasteiger partial charge in [0.05, 0.1) is 17.5 Å². The molecule has 8 heteroatoms. The summed E-state index contributed by atoms with van der Waals surface area (Å²) in [7, 11) is 0. The van der Waals surface area contributed by atoms with Gasteiger partial charge in [0.15, 0.2) is 0 Å². The summed E-state index contributed by atoms with van der Waals surface area (Å²) in [5, 5.41) is 9.64. The third kappa shape index (κ3) is 4.70. The fraction of sp³-hybridized carbons (Fsp3) is 0.350. The van der Waals surface area contributed by atoms with Crippen LogP contribution in [0.15, 0.2) is 46.9 Å². The zero-order valence-corrected chi connectivity index (χ0v) is 17.1. The van der Waals surface area contributed by atoms with E-state index in [4.69, 9.17) is 11.6 Å². The molecular weight excluding hydrogens is 459 g/mol. The van der Waals surface area contributed by atoms with Crippen molar-refractivity contribution >= 4 is 33.5 Å². The third-order valence-electron chi connectivity index (χ3n) is 4.95. The number of hydrogen-bond donors (Lipinski definition) is 1. The summed E-state index contributed by atoms with van der Waals surface area (Å²) >= 11 is 9.73. The highest BCUT2D eigenvalue weighted by molar-refractivity contribution is 9.10. The summed E-state index contributed by atoms with van der Waals surface area (Å²) in [6.45, 7) is 0.826. The molecule has 1 N–H and O–H groups in total. The Morgan fingerprint density at radius 2 is 2.00 bits per heavy atom. The molecule has 0 aliphatic carbocycles. The molecule has 0 saturated carbocycles. The van der Waals surface area contributed by atoms with Crippen molar-refractivity contribution in [3.05, 3.63) is 68.7 Å². The number of carbonyl (C=O) groups is 1. The summed E-state index contributed by atoms with van der Waals surface area (Å²) in [4.78, 5) is 13.4. The summed E-state index contributed by atoms with van der Waals surface area (Å²) in [6, 6.07) is 9.97. The van der Waals surface area contributed by atoms with E-state index in [-0.39, 0.29) is 11.6 Å². The Morgan fingerprint density at radius 3 is 2.64 bits per heavy atom. The maximum absolute atomic E-state index is 13.3. The second-order valence-electron chi connectivity index (χ2n) is 6.86. The van der Waals surface area contributed by atoms with Gasteiger partial charge in [0.2, 0.25) is 0 Å². The number of piperidine rings is 1. The molecule has 3 nitrogen and oxygen atoms in total. The van der Waals surface area contributed by atoms with Crippen LogP contribution in [0.3, 0.4) is 0 Å². The minimum Gasteiger partial charge on any atom is -0.481 e. The van der Waals surface area contributed by atoms with Gasteiger partial charge in [-0.05, 0) is 60.8 Å². The van der Waals surface area contributed by atoms with Gasteiger partial charge < -0.3 is 5.11 Å². The average Bonchev–Trinajstić information content (AvgIpc) is 2.63. The minimum atomic E-state index is -4.49. The SMILES string of the molecule is O=C(O)C1CCCN(C(c2cccc(Br)c2)c2cc(C(F)(F)F)ccc2Cl)C1. The van der Waals surface area contributed by atoms with Crippen LogP contribution in [0.4, 0.5) is 13.2 Å². The predicted octanol–water partition coefficient (Wildman–Crippen LogP) is 6.01. The van der Waals surface area contributed by atoms with Crippen molar-refractivity contribution < 1.29 is 23.1 Å². The number of halogens is 5. The van der Waals surface area contributed by atoms with Crippen molar-refractivity contribution in [2.75, 3.05) is 13.1 Å². The van der Waals surface area contributed by atoms with Gasteiger partial charge >= 0.3 is 12.1 Å². The summed E-state index contributed by atoms with van der Waals surface area (Å²) in [6.07, 6.45) is -3.29. The monoisotopic (exact) mass is 475 g/mol. The number of alkyl halides is 3. The molecule has 2 aromatic carbocycles. The van der Waals surface area contributed by atoms with E-state index in [2.05, 4.69) is 15.9 Å². The van der Waals surface area contributed by atoms with E-state index in [9.17, 15) is 23.1 Å². The van der Waals surface area contributed by atoms with Gasteiger partial charge in [-0.3, -0.25) is 9.69 Å². The Bertz CT molecular complexity index is 875. The van der Waals surface area contributed by atoms with E-state index < -0.39 is 29.7 Å². The van der Waals surface area contributed by atoms with Crippen molar-refractivity contribution in [1.82, 2.24) is 4.90 Å². The standard InChI is InChI=1S/C20H18BrClF3NO2/c21-15-5-1-3-12(9-15)18(26-8-2-4-13(11-26)19(27)28)16-10-14(20(23,24)25)6-7-17(16)22/h1,3,5-7,9-10,13,18H,2,4,8,11H2,(H,27,28). The zero-order valence-electron chi connectivity index (χ0n) is 14.7. The fourth-order valence-electron chi connectivity index (χ4n) is 3.64. The fourth-order valence-corrected chi connectivity index (χ4v) is 4.27. The summed E-state index contributed by atoms with van der Waals surface area (Å²) in [5.41, 5.74) is 0.293. The van der Waals surface area contributed by atoms with Crippen LogP contribution in [0.1, 0.15) is 35.6 Å². The molecule has 3 rings (SSSR count). The smallest absolute Gasteiger partial charge is 0.416 e. The third-order valence-corrected chi connectivity index (χ3v) is 5.79. The first-order chi connectivity index (χ1) is 13.2. The lowest BCUT2D eigenvalue weighted by molar-refractivity contribution is -0.143. The van der Waals surface area contributed by atoms with Crippen LogP contribution in [0.5, 0.6) is 0 Å². The molecule has 0 aromatic heterocycles. The van der Waals surface area contributed by atoms with Gasteiger partial charge in [0, 0.05) is 16.0 Å². The highest BCUT2D eigenvalue weighted by atomic mass is 79.9. The van der Waals surface area contributed by atoms with Crippen molar-refractivity contribution in [3.8, 4) is 0 Å². The van der Waals surface area contributed by atoms with Crippen molar-refractivity contribution in [1.29, 1.82) is 0 Å². The number of aliphatic carboxylic acids is 1. The highest BCUT2D eigenvalue weighted by Gasteiger charge is 2.35. The Balaban J connectivity index is 2.11. The molecule has 1 saturated heterocycles. The highest BCUT2D eigenvalue weighted by Crippen LogP contribution is 2.40. The van der Waals surface area contributed by atoms with E-state index in [1.165, 1.54) is 6.07 Å². The van der Waals surface area contributed by atoms with E-state index in [1.54, 1.807) is 6.07 Å². The van der Waals surface area contributed by atoms with Crippen LogP contribution in [-0.4, -0.2) is 29.1 Å². The number of carboxylic acids is 1. The quantitative estimate of drug-likeness (QED) is 0.588. The van der Waals surface area contributed by atoms with Crippen LogP contribution in [0.25, 0.3) is 0 Å². The molecule has 2 atom stereocenters. The van der Waals surface area contributed by atoms with Crippen molar-refractivity contribution in [3.63, 3.8) is 0 Å². The number of hydrogen-bond acceptors (Lipinski definition) is 2. The van der Waals surface area contributed by atoms with Crippen molar-refractivity contribution in [2.24, 2.45) is 5.92 Å². The Morgan fingerprint density at radius 1 is 1.25 bits per heavy atom. The van der Waals surface area contributed by atoms with Crippen LogP contribution in [0, 0.1) is 5.92 Å². The number of carboxylic acid groups (broad SMARTS) is 1. The molecule has 1 aliphatic heterocycles. The molecule has 0 spiro atoms. The van der Waals surface area contributed by atoms with Gasteiger partial charge in [-0.2, -0.15) is 13.2 Å². The Kier molecular flexibility index (Phi) is 6.37. The first-order valence-electron chi connectivity index (χ1n) is 8.76. The first kappa shape index (κ1) is 21.1. The molecule has 0 radical (unpaired) electrons. The molecule has 2 unspecified atom stereocenters. The van der Waals surface area contributed by atoms with Gasteiger partial charge in [-0.25, -0.2) is 0 Å². The molecule has 0 bridgehead atoms. The first-order valence-corrected chi connectivity index (χ1v) is 9.93. The van der Waals surface area contributed by atoms with Gasteiger partial charge in [0.25, 0.3) is 0 Å². The average molecular weight is 477 g/mol. The maximum atomic E-state index is 13.3. The normalized spacial score (nSPS) is 19.4. The minimum absolute atomic E-state index is 0.218. The van der Waals surface area contributed by atoms with Gasteiger partial charge in [0.1, 0.15) is 0 Å². The van der Waals surface area contributed by atoms with E-state index >= 15 is 0 Å². The van der Waals surface area contributed by atoms with Crippen LogP contribution >= 0.6 is 27.5 Å². The lowest BCUT2D eigenvalue weighted by atomic mass is 9.90. The molecule has 28 heavy (non-hydrogen) atoms. The maximum Gasteiger partial charge on any atom is 0.416 e. The molecule has 150 valence electrons. The molecule has 1 aliphatic rings. The Labute approximate surface area is 174 Å². The number of benzene rings is 2. The Hall–Kier alpha value is -1.57. The molecule has 1 fully saturated rings. The molecule has 2 aromatic rings. The predicted molar refractivity (Wildman–Crippen MR) is 104 cm³/mol. The van der Waals surface area contributed by atoms with E-state index in [1.807, 2.05) is 23.1 Å². The second-order valence-corrected chi connectivity index (χ2v) is 8.19.